The van der Waals surface area contributed by atoms with Crippen LogP contribution in [0.3, 0.4) is 0 Å². The molecule has 0 saturated carbocycles. The zero-order chi connectivity index (χ0) is 8.36. The van der Waals surface area contributed by atoms with Crippen molar-refractivity contribution < 1.29 is 8.78 Å². The number of hydrogen-bond donors (Lipinski definition) is 0. The average molecular weight is 150 g/mol. The fraction of sp³-hybridized carbons (Fsp3) is 1.00. The first-order valence-electron chi connectivity index (χ1n) is 3.71. The monoisotopic (exact) mass is 150 g/mol. The summed E-state index contributed by atoms with van der Waals surface area (Å²) in [5, 5.41) is 0. The Hall–Kier alpha value is -0.140. The highest BCUT2D eigenvalue weighted by molar-refractivity contribution is 4.66. The molecule has 0 saturated heterocycles. The number of halogens is 2. The van der Waals surface area contributed by atoms with Crippen molar-refractivity contribution >= 4 is 0 Å². The maximum absolute atomic E-state index is 12.3. The third-order valence-electron chi connectivity index (χ3n) is 1.82. The van der Waals surface area contributed by atoms with Gasteiger partial charge < -0.3 is 0 Å². The molecule has 0 fully saturated rings. The van der Waals surface area contributed by atoms with Gasteiger partial charge >= 0.3 is 0 Å². The topological polar surface area (TPSA) is 0 Å². The van der Waals surface area contributed by atoms with Crippen LogP contribution in [0.15, 0.2) is 0 Å². The van der Waals surface area contributed by atoms with Crippen molar-refractivity contribution in [3.8, 4) is 0 Å². The molecule has 62 valence electrons. The van der Waals surface area contributed by atoms with E-state index in [9.17, 15) is 8.78 Å². The molecule has 0 unspecified atom stereocenters. The lowest BCUT2D eigenvalue weighted by Gasteiger charge is -2.19. The van der Waals surface area contributed by atoms with Crippen LogP contribution in [0, 0.1) is 11.8 Å². The Balaban J connectivity index is 3.68. The summed E-state index contributed by atoms with van der Waals surface area (Å²) in [6.45, 7) is 6.78. The molecule has 0 aromatic rings. The first kappa shape index (κ1) is 9.86. The Kier molecular flexibility index (Phi) is 3.26. The summed E-state index contributed by atoms with van der Waals surface area (Å²) >= 11 is 0. The lowest BCUT2D eigenvalue weighted by molar-refractivity contribution is -0.00717. The van der Waals surface area contributed by atoms with E-state index in [1.54, 1.807) is 0 Å². The maximum Gasteiger partial charge on any atom is 0.245 e. The molecule has 0 aromatic carbocycles. The summed E-state index contributed by atoms with van der Waals surface area (Å²) in [7, 11) is 0. The summed E-state index contributed by atoms with van der Waals surface area (Å²) in [6, 6.07) is 0. The summed E-state index contributed by atoms with van der Waals surface area (Å²) in [5.74, 6) is -2.03. The fourth-order valence-electron chi connectivity index (χ4n) is 0.801. The van der Waals surface area contributed by atoms with Gasteiger partial charge in [0, 0.05) is 6.42 Å². The number of alkyl halides is 2. The lowest BCUT2D eigenvalue weighted by Crippen LogP contribution is -2.17. The van der Waals surface area contributed by atoms with Crippen LogP contribution < -0.4 is 0 Å². The predicted molar refractivity (Wildman–Crippen MR) is 39.2 cm³/mol. The Morgan fingerprint density at radius 1 is 1.20 bits per heavy atom. The third kappa shape index (κ3) is 4.71. The SMILES string of the molecule is CC(C)[C@@H](C)CC(C)(F)F. The molecule has 0 aromatic heterocycles. The second kappa shape index (κ2) is 3.31. The molecule has 0 spiro atoms. The normalized spacial score (nSPS) is 15.9. The van der Waals surface area contributed by atoms with E-state index in [2.05, 4.69) is 0 Å². The first-order valence-corrected chi connectivity index (χ1v) is 3.71. The van der Waals surface area contributed by atoms with E-state index < -0.39 is 5.92 Å². The zero-order valence-electron chi connectivity index (χ0n) is 7.12. The summed E-state index contributed by atoms with van der Waals surface area (Å²) in [6.07, 6.45) is 0.00463. The van der Waals surface area contributed by atoms with Crippen LogP contribution in [-0.2, 0) is 0 Å². The van der Waals surface area contributed by atoms with Gasteiger partial charge in [-0.05, 0) is 18.8 Å². The van der Waals surface area contributed by atoms with Gasteiger partial charge in [0.15, 0.2) is 0 Å². The van der Waals surface area contributed by atoms with E-state index >= 15 is 0 Å². The van der Waals surface area contributed by atoms with E-state index in [1.165, 1.54) is 0 Å². The van der Waals surface area contributed by atoms with Gasteiger partial charge in [0.25, 0.3) is 0 Å². The van der Waals surface area contributed by atoms with Crippen molar-refractivity contribution in [3.63, 3.8) is 0 Å². The van der Waals surface area contributed by atoms with Gasteiger partial charge in [0.2, 0.25) is 5.92 Å². The van der Waals surface area contributed by atoms with Crippen LogP contribution in [-0.4, -0.2) is 5.92 Å². The third-order valence-corrected chi connectivity index (χ3v) is 1.82. The van der Waals surface area contributed by atoms with Gasteiger partial charge in [-0.1, -0.05) is 20.8 Å². The first-order chi connectivity index (χ1) is 4.33. The van der Waals surface area contributed by atoms with Crippen molar-refractivity contribution in [1.29, 1.82) is 0 Å². The van der Waals surface area contributed by atoms with E-state index in [1.807, 2.05) is 20.8 Å². The fourth-order valence-corrected chi connectivity index (χ4v) is 0.801. The van der Waals surface area contributed by atoms with E-state index in [0.29, 0.717) is 5.92 Å². The highest BCUT2D eigenvalue weighted by atomic mass is 19.3. The standard InChI is InChI=1S/C8H16F2/c1-6(2)7(3)5-8(4,9)10/h6-7H,5H2,1-4H3/t7-/m0/s1. The maximum atomic E-state index is 12.3. The smallest absolute Gasteiger partial charge is 0.207 e. The Morgan fingerprint density at radius 2 is 1.60 bits per heavy atom. The quantitative estimate of drug-likeness (QED) is 0.579. The van der Waals surface area contributed by atoms with Crippen LogP contribution in [0.1, 0.15) is 34.1 Å². The highest BCUT2D eigenvalue weighted by Gasteiger charge is 2.25. The zero-order valence-corrected chi connectivity index (χ0v) is 7.12. The molecule has 0 aliphatic heterocycles. The molecule has 0 bridgehead atoms. The highest BCUT2D eigenvalue weighted by Crippen LogP contribution is 2.26. The molecule has 0 radical (unpaired) electrons. The Labute approximate surface area is 61.6 Å². The molecule has 2 heteroatoms. The Bertz CT molecular complexity index is 91.9. The van der Waals surface area contributed by atoms with Crippen molar-refractivity contribution in [1.82, 2.24) is 0 Å². The van der Waals surface area contributed by atoms with Gasteiger partial charge in [-0.25, -0.2) is 8.78 Å². The molecule has 10 heavy (non-hydrogen) atoms. The summed E-state index contributed by atoms with van der Waals surface area (Å²) in [5.41, 5.74) is 0. The van der Waals surface area contributed by atoms with Crippen molar-refractivity contribution in [2.24, 2.45) is 11.8 Å². The molecule has 0 heterocycles. The minimum atomic E-state index is -2.50. The minimum absolute atomic E-state index is 0.00463. The van der Waals surface area contributed by atoms with Gasteiger partial charge in [-0.2, -0.15) is 0 Å². The van der Waals surface area contributed by atoms with Gasteiger partial charge in [-0.3, -0.25) is 0 Å². The van der Waals surface area contributed by atoms with Gasteiger partial charge in [-0.15, -0.1) is 0 Å². The van der Waals surface area contributed by atoms with E-state index in [-0.39, 0.29) is 12.3 Å². The summed E-state index contributed by atoms with van der Waals surface area (Å²) in [4.78, 5) is 0. The molecule has 0 aliphatic carbocycles. The van der Waals surface area contributed by atoms with Crippen LogP contribution in [0.25, 0.3) is 0 Å². The molecule has 0 amide bonds. The van der Waals surface area contributed by atoms with Crippen LogP contribution >= 0.6 is 0 Å². The molecular formula is C8H16F2. The van der Waals surface area contributed by atoms with Crippen molar-refractivity contribution in [3.05, 3.63) is 0 Å². The minimum Gasteiger partial charge on any atom is -0.207 e. The van der Waals surface area contributed by atoms with Gasteiger partial charge in [0.1, 0.15) is 0 Å². The average Bonchev–Trinajstić information content (AvgIpc) is 1.60. The van der Waals surface area contributed by atoms with Crippen LogP contribution in [0.2, 0.25) is 0 Å². The largest absolute Gasteiger partial charge is 0.245 e. The molecule has 0 N–H and O–H groups in total. The lowest BCUT2D eigenvalue weighted by atomic mass is 9.92. The van der Waals surface area contributed by atoms with Crippen molar-refractivity contribution in [2.45, 2.75) is 40.0 Å². The molecule has 1 atom stereocenters. The van der Waals surface area contributed by atoms with Crippen molar-refractivity contribution in [2.75, 3.05) is 0 Å². The van der Waals surface area contributed by atoms with Gasteiger partial charge in [0.05, 0.1) is 0 Å². The summed E-state index contributed by atoms with van der Waals surface area (Å²) < 4.78 is 24.7. The molecule has 0 aliphatic rings. The predicted octanol–water partition coefficient (Wildman–Crippen LogP) is 3.32. The molecule has 0 rings (SSSR count). The molecular weight excluding hydrogens is 134 g/mol. The number of rotatable bonds is 3. The Morgan fingerprint density at radius 3 is 1.70 bits per heavy atom. The van der Waals surface area contributed by atoms with E-state index in [4.69, 9.17) is 0 Å². The number of hydrogen-bond acceptors (Lipinski definition) is 0. The van der Waals surface area contributed by atoms with E-state index in [0.717, 1.165) is 6.92 Å². The van der Waals surface area contributed by atoms with Crippen LogP contribution in [0.4, 0.5) is 8.78 Å². The molecule has 0 nitrogen and oxygen atoms in total. The second-order valence-corrected chi connectivity index (χ2v) is 3.50. The van der Waals surface area contributed by atoms with Crippen LogP contribution in [0.5, 0.6) is 0 Å². The second-order valence-electron chi connectivity index (χ2n) is 3.50.